The Morgan fingerprint density at radius 1 is 1.24 bits per heavy atom. The first-order chi connectivity index (χ1) is 12.0. The Bertz CT molecular complexity index is 613. The van der Waals surface area contributed by atoms with Gasteiger partial charge in [-0.05, 0) is 36.2 Å². The monoisotopic (exact) mass is 343 g/mol. The van der Waals surface area contributed by atoms with Crippen LogP contribution < -0.4 is 0 Å². The van der Waals surface area contributed by atoms with Gasteiger partial charge in [0, 0.05) is 6.54 Å². The lowest BCUT2D eigenvalue weighted by Gasteiger charge is -2.42. The minimum Gasteiger partial charge on any atom is -0.461 e. The molecule has 1 saturated heterocycles. The number of rotatable bonds is 5. The molecule has 1 aliphatic heterocycles. The lowest BCUT2D eigenvalue weighted by molar-refractivity contribution is -0.175. The van der Waals surface area contributed by atoms with E-state index in [2.05, 4.69) is 20.8 Å². The van der Waals surface area contributed by atoms with Crippen molar-refractivity contribution in [2.24, 2.45) is 17.8 Å². The van der Waals surface area contributed by atoms with Crippen LogP contribution >= 0.6 is 0 Å². The van der Waals surface area contributed by atoms with E-state index in [9.17, 15) is 9.59 Å². The molecular formula is C21H29NO3. The third-order valence-corrected chi connectivity index (χ3v) is 5.76. The molecule has 1 saturated carbocycles. The minimum atomic E-state index is -0.419. The van der Waals surface area contributed by atoms with Crippen LogP contribution in [0.1, 0.15) is 52.0 Å². The van der Waals surface area contributed by atoms with Crippen LogP contribution in [0.5, 0.6) is 0 Å². The van der Waals surface area contributed by atoms with Crippen LogP contribution in [0.4, 0.5) is 0 Å². The van der Waals surface area contributed by atoms with Gasteiger partial charge in [-0.3, -0.25) is 4.79 Å². The quantitative estimate of drug-likeness (QED) is 0.603. The fraction of sp³-hybridized carbons (Fsp3) is 0.619. The first-order valence-corrected chi connectivity index (χ1v) is 9.49. The maximum absolute atomic E-state index is 12.7. The second kappa shape index (κ2) is 7.59. The Morgan fingerprint density at radius 3 is 2.60 bits per heavy atom. The van der Waals surface area contributed by atoms with Crippen LogP contribution in [0.25, 0.3) is 0 Å². The Labute approximate surface area is 150 Å². The number of benzene rings is 1. The second-order valence-corrected chi connectivity index (χ2v) is 8.03. The molecule has 25 heavy (non-hydrogen) atoms. The average molecular weight is 343 g/mol. The van der Waals surface area contributed by atoms with Gasteiger partial charge in [-0.25, -0.2) is 4.79 Å². The summed E-state index contributed by atoms with van der Waals surface area (Å²) >= 11 is 0. The molecule has 0 aromatic heterocycles. The van der Waals surface area contributed by atoms with E-state index in [-0.39, 0.29) is 24.4 Å². The van der Waals surface area contributed by atoms with Crippen molar-refractivity contribution in [2.75, 3.05) is 0 Å². The van der Waals surface area contributed by atoms with Crippen molar-refractivity contribution >= 4 is 11.9 Å². The largest absolute Gasteiger partial charge is 0.461 e. The summed E-state index contributed by atoms with van der Waals surface area (Å²) in [4.78, 5) is 26.3. The molecule has 3 rings (SSSR count). The topological polar surface area (TPSA) is 46.6 Å². The molecule has 0 bridgehead atoms. The number of carbonyl (C=O) groups excluding carboxylic acids is 2. The lowest BCUT2D eigenvalue weighted by Crippen LogP contribution is -2.57. The molecule has 0 spiro atoms. The number of hydrogen-bond acceptors (Lipinski definition) is 3. The average Bonchev–Trinajstić information content (AvgIpc) is 2.58. The fourth-order valence-corrected chi connectivity index (χ4v) is 4.12. The van der Waals surface area contributed by atoms with Crippen LogP contribution in [0.15, 0.2) is 30.3 Å². The van der Waals surface area contributed by atoms with Crippen molar-refractivity contribution in [1.82, 2.24) is 4.90 Å². The smallest absolute Gasteiger partial charge is 0.329 e. The predicted octanol–water partition coefficient (Wildman–Crippen LogP) is 3.79. The fourth-order valence-electron chi connectivity index (χ4n) is 4.12. The summed E-state index contributed by atoms with van der Waals surface area (Å²) in [5.41, 5.74) is 1.04. The van der Waals surface area contributed by atoms with E-state index in [1.807, 2.05) is 30.3 Å². The molecular weight excluding hydrogens is 314 g/mol. The minimum absolute atomic E-state index is 0.00877. The molecule has 2 aliphatic rings. The molecule has 1 amide bonds. The normalized spacial score (nSPS) is 29.4. The Hall–Kier alpha value is -1.84. The maximum atomic E-state index is 12.7. The van der Waals surface area contributed by atoms with E-state index in [0.29, 0.717) is 24.3 Å². The number of esters is 1. The van der Waals surface area contributed by atoms with Gasteiger partial charge in [-0.1, -0.05) is 57.5 Å². The summed E-state index contributed by atoms with van der Waals surface area (Å²) < 4.78 is 5.92. The highest BCUT2D eigenvalue weighted by atomic mass is 16.5. The zero-order valence-electron chi connectivity index (χ0n) is 15.5. The van der Waals surface area contributed by atoms with E-state index < -0.39 is 6.04 Å². The van der Waals surface area contributed by atoms with Gasteiger partial charge in [-0.2, -0.15) is 0 Å². The maximum Gasteiger partial charge on any atom is 0.329 e. The van der Waals surface area contributed by atoms with Crippen LogP contribution in [0, 0.1) is 17.8 Å². The molecule has 136 valence electrons. The summed E-state index contributed by atoms with van der Waals surface area (Å²) in [5.74, 6) is 1.34. The summed E-state index contributed by atoms with van der Waals surface area (Å²) in [6, 6.07) is 9.38. The van der Waals surface area contributed by atoms with Gasteiger partial charge in [0.05, 0.1) is 6.42 Å². The summed E-state index contributed by atoms with van der Waals surface area (Å²) in [6.45, 7) is 7.12. The number of hydrogen-bond donors (Lipinski definition) is 0. The van der Waals surface area contributed by atoms with Crippen molar-refractivity contribution in [1.29, 1.82) is 0 Å². The van der Waals surface area contributed by atoms with Crippen molar-refractivity contribution in [3.63, 3.8) is 0 Å². The molecule has 4 heteroatoms. The summed E-state index contributed by atoms with van der Waals surface area (Å²) in [5, 5.41) is 0. The van der Waals surface area contributed by atoms with Crippen LogP contribution in [-0.2, 0) is 20.9 Å². The molecule has 1 aliphatic carbocycles. The second-order valence-electron chi connectivity index (χ2n) is 8.03. The van der Waals surface area contributed by atoms with E-state index in [1.54, 1.807) is 4.90 Å². The zero-order chi connectivity index (χ0) is 18.0. The number of ether oxygens (including phenoxy) is 1. The molecule has 1 aromatic carbocycles. The lowest BCUT2D eigenvalue weighted by atomic mass is 9.75. The Morgan fingerprint density at radius 2 is 1.96 bits per heavy atom. The predicted molar refractivity (Wildman–Crippen MR) is 96.6 cm³/mol. The standard InChI is InChI=1S/C21H29NO3/c1-14(2)17-10-9-15(3)11-19(17)25-21(24)18-12-20(23)22(18)13-16-7-5-4-6-8-16/h4-8,14-15,17-19H,9-13H2,1-3H3/t15-,17+,18-,19-/m1/s1. The van der Waals surface area contributed by atoms with Gasteiger partial charge in [0.15, 0.2) is 0 Å². The molecule has 0 radical (unpaired) electrons. The van der Waals surface area contributed by atoms with E-state index in [0.717, 1.165) is 18.4 Å². The zero-order valence-corrected chi connectivity index (χ0v) is 15.5. The van der Waals surface area contributed by atoms with Gasteiger partial charge < -0.3 is 9.64 Å². The number of amides is 1. The Balaban J connectivity index is 1.62. The number of nitrogens with zero attached hydrogens (tertiary/aromatic N) is 1. The third kappa shape index (κ3) is 4.05. The van der Waals surface area contributed by atoms with Crippen molar-refractivity contribution < 1.29 is 14.3 Å². The van der Waals surface area contributed by atoms with Gasteiger partial charge in [0.1, 0.15) is 12.1 Å². The number of β-lactam (4-membered cyclic amide) rings is 1. The summed E-state index contributed by atoms with van der Waals surface area (Å²) in [7, 11) is 0. The molecule has 1 aromatic rings. The number of carbonyl (C=O) groups is 2. The van der Waals surface area contributed by atoms with Gasteiger partial charge in [0.2, 0.25) is 5.91 Å². The Kier molecular flexibility index (Phi) is 5.45. The highest BCUT2D eigenvalue weighted by Crippen LogP contribution is 2.36. The van der Waals surface area contributed by atoms with Crippen molar-refractivity contribution in [2.45, 2.75) is 65.1 Å². The molecule has 1 heterocycles. The molecule has 4 atom stereocenters. The SMILES string of the molecule is CC(C)[C@@H]1CC[C@@H](C)C[C@H]1OC(=O)[C@H]1CC(=O)N1Cc1ccccc1. The van der Waals surface area contributed by atoms with E-state index in [4.69, 9.17) is 4.74 Å². The first-order valence-electron chi connectivity index (χ1n) is 9.49. The number of likely N-dealkylation sites (tertiary alicyclic amines) is 1. The van der Waals surface area contributed by atoms with Gasteiger partial charge in [0.25, 0.3) is 0 Å². The van der Waals surface area contributed by atoms with Crippen molar-refractivity contribution in [3.8, 4) is 0 Å². The van der Waals surface area contributed by atoms with E-state index in [1.165, 1.54) is 6.42 Å². The first kappa shape index (κ1) is 18.0. The van der Waals surface area contributed by atoms with Crippen LogP contribution in [0.2, 0.25) is 0 Å². The van der Waals surface area contributed by atoms with Crippen molar-refractivity contribution in [3.05, 3.63) is 35.9 Å². The molecule has 0 N–H and O–H groups in total. The van der Waals surface area contributed by atoms with Crippen LogP contribution in [0.3, 0.4) is 0 Å². The van der Waals surface area contributed by atoms with Crippen LogP contribution in [-0.4, -0.2) is 28.9 Å². The highest BCUT2D eigenvalue weighted by molar-refractivity contribution is 5.95. The van der Waals surface area contributed by atoms with Gasteiger partial charge in [-0.15, -0.1) is 0 Å². The molecule has 4 nitrogen and oxygen atoms in total. The molecule has 0 unspecified atom stereocenters. The molecule has 2 fully saturated rings. The third-order valence-electron chi connectivity index (χ3n) is 5.76. The van der Waals surface area contributed by atoms with E-state index >= 15 is 0 Å². The summed E-state index contributed by atoms with van der Waals surface area (Å²) in [6.07, 6.45) is 3.53. The highest BCUT2D eigenvalue weighted by Gasteiger charge is 2.44. The van der Waals surface area contributed by atoms with Gasteiger partial charge >= 0.3 is 5.97 Å².